The van der Waals surface area contributed by atoms with E-state index in [0.717, 1.165) is 18.0 Å². The number of rotatable bonds is 7. The molecule has 2 aromatic rings. The quantitative estimate of drug-likeness (QED) is 0.722. The first-order valence-electron chi connectivity index (χ1n) is 9.56. The van der Waals surface area contributed by atoms with Crippen molar-refractivity contribution in [3.05, 3.63) is 71.8 Å². The van der Waals surface area contributed by atoms with Crippen molar-refractivity contribution in [3.8, 4) is 0 Å². The van der Waals surface area contributed by atoms with E-state index in [0.29, 0.717) is 13.2 Å². The molecule has 0 spiro atoms. The zero-order chi connectivity index (χ0) is 19.1. The normalized spacial score (nSPS) is 19.6. The third-order valence-electron chi connectivity index (χ3n) is 5.10. The molecule has 0 saturated carbocycles. The van der Waals surface area contributed by atoms with Gasteiger partial charge in [0, 0.05) is 0 Å². The molecule has 2 aromatic carbocycles. The molecule has 1 aliphatic heterocycles. The molecule has 1 amide bonds. The smallest absolute Gasteiger partial charge is 0.312 e. The number of carbonyl (C=O) groups is 2. The number of quaternary nitrogens is 1. The van der Waals surface area contributed by atoms with Crippen LogP contribution in [0.3, 0.4) is 0 Å². The van der Waals surface area contributed by atoms with Crippen LogP contribution in [0, 0.1) is 0 Å². The summed E-state index contributed by atoms with van der Waals surface area (Å²) in [6, 6.07) is 20.3. The summed E-state index contributed by atoms with van der Waals surface area (Å²) >= 11 is 0. The van der Waals surface area contributed by atoms with Crippen LogP contribution in [0.15, 0.2) is 60.7 Å². The first-order chi connectivity index (χ1) is 13.2. The van der Waals surface area contributed by atoms with E-state index in [1.807, 2.05) is 36.4 Å². The van der Waals surface area contributed by atoms with E-state index in [1.54, 1.807) is 6.92 Å². The van der Waals surface area contributed by atoms with Gasteiger partial charge in [0.2, 0.25) is 0 Å². The van der Waals surface area contributed by atoms with Gasteiger partial charge in [0.1, 0.15) is 6.42 Å². The number of esters is 1. The molecule has 3 rings (SSSR count). The maximum atomic E-state index is 12.5. The van der Waals surface area contributed by atoms with E-state index in [2.05, 4.69) is 29.6 Å². The van der Waals surface area contributed by atoms with E-state index in [9.17, 15) is 9.59 Å². The number of piperazine rings is 1. The van der Waals surface area contributed by atoms with Gasteiger partial charge in [-0.2, -0.15) is 0 Å². The molecule has 2 N–H and O–H groups in total. The third-order valence-corrected chi connectivity index (χ3v) is 5.10. The van der Waals surface area contributed by atoms with Gasteiger partial charge in [-0.05, 0) is 18.1 Å². The van der Waals surface area contributed by atoms with Gasteiger partial charge in [0.05, 0.1) is 32.2 Å². The van der Waals surface area contributed by atoms with Crippen molar-refractivity contribution in [3.63, 3.8) is 0 Å². The standard InChI is InChI=1S/C22H26N2O3/c1-2-27-21(25)15-20-22(26)23-13-14-24(20)16-19(17-9-5-3-6-10-17)18-11-7-4-8-12-18/h3-12,19-20H,2,13-16H2,1H3,(H,23,26)/p+1/t20-/m1/s1. The van der Waals surface area contributed by atoms with Crippen molar-refractivity contribution >= 4 is 11.9 Å². The lowest BCUT2D eigenvalue weighted by atomic mass is 9.90. The molecule has 142 valence electrons. The van der Waals surface area contributed by atoms with E-state index in [1.165, 1.54) is 11.1 Å². The fourth-order valence-electron chi connectivity index (χ4n) is 3.76. The third kappa shape index (κ3) is 4.95. The van der Waals surface area contributed by atoms with Crippen molar-refractivity contribution in [1.82, 2.24) is 5.32 Å². The van der Waals surface area contributed by atoms with E-state index >= 15 is 0 Å². The second-order valence-electron chi connectivity index (χ2n) is 6.84. The van der Waals surface area contributed by atoms with Crippen molar-refractivity contribution in [1.29, 1.82) is 0 Å². The highest BCUT2D eigenvalue weighted by atomic mass is 16.5. The van der Waals surface area contributed by atoms with Crippen LogP contribution in [0.4, 0.5) is 0 Å². The van der Waals surface area contributed by atoms with Crippen molar-refractivity contribution in [2.75, 3.05) is 26.2 Å². The van der Waals surface area contributed by atoms with Gasteiger partial charge >= 0.3 is 5.97 Å². The fraction of sp³-hybridized carbons (Fsp3) is 0.364. The molecule has 0 radical (unpaired) electrons. The molecular weight excluding hydrogens is 340 g/mol. The highest BCUT2D eigenvalue weighted by molar-refractivity contribution is 5.85. The van der Waals surface area contributed by atoms with E-state index in [4.69, 9.17) is 4.74 Å². The maximum absolute atomic E-state index is 12.5. The predicted octanol–water partition coefficient (Wildman–Crippen LogP) is 1.16. The molecular formula is C22H27N2O3+. The number of carbonyl (C=O) groups excluding carboxylic acids is 2. The number of hydrogen-bond donors (Lipinski definition) is 2. The first kappa shape index (κ1) is 19.1. The lowest BCUT2D eigenvalue weighted by Gasteiger charge is -2.34. The molecule has 0 aromatic heterocycles. The second-order valence-corrected chi connectivity index (χ2v) is 6.84. The van der Waals surface area contributed by atoms with Crippen molar-refractivity contribution < 1.29 is 19.2 Å². The Morgan fingerprint density at radius 2 is 1.70 bits per heavy atom. The average Bonchev–Trinajstić information content (AvgIpc) is 2.70. The second kappa shape index (κ2) is 9.33. The number of nitrogens with one attached hydrogen (secondary N) is 2. The Morgan fingerprint density at radius 3 is 2.26 bits per heavy atom. The monoisotopic (exact) mass is 367 g/mol. The van der Waals surface area contributed by atoms with Crippen LogP contribution in [0.25, 0.3) is 0 Å². The van der Waals surface area contributed by atoms with Crippen LogP contribution >= 0.6 is 0 Å². The van der Waals surface area contributed by atoms with E-state index in [-0.39, 0.29) is 24.2 Å². The Morgan fingerprint density at radius 1 is 1.11 bits per heavy atom. The van der Waals surface area contributed by atoms with Gasteiger partial charge in [0.15, 0.2) is 6.04 Å². The number of amides is 1. The van der Waals surface area contributed by atoms with Crippen LogP contribution in [0.5, 0.6) is 0 Å². The lowest BCUT2D eigenvalue weighted by molar-refractivity contribution is -0.918. The molecule has 1 aliphatic rings. The molecule has 2 atom stereocenters. The van der Waals surface area contributed by atoms with Crippen molar-refractivity contribution in [2.24, 2.45) is 0 Å². The van der Waals surface area contributed by atoms with Gasteiger partial charge < -0.3 is 15.0 Å². The van der Waals surface area contributed by atoms with E-state index < -0.39 is 6.04 Å². The Labute approximate surface area is 160 Å². The summed E-state index contributed by atoms with van der Waals surface area (Å²) in [6.07, 6.45) is 0.116. The first-order valence-corrected chi connectivity index (χ1v) is 9.56. The van der Waals surface area contributed by atoms with Crippen LogP contribution in [0.1, 0.15) is 30.4 Å². The Balaban J connectivity index is 1.84. The molecule has 0 aliphatic carbocycles. The lowest BCUT2D eigenvalue weighted by Crippen LogP contribution is -3.19. The van der Waals surface area contributed by atoms with Gasteiger partial charge in [-0.3, -0.25) is 9.59 Å². The van der Waals surface area contributed by atoms with Crippen LogP contribution < -0.4 is 10.2 Å². The van der Waals surface area contributed by atoms with Gasteiger partial charge in [-0.15, -0.1) is 0 Å². The summed E-state index contributed by atoms with van der Waals surface area (Å²) in [5.74, 6) is -0.213. The van der Waals surface area contributed by atoms with Gasteiger partial charge in [0.25, 0.3) is 5.91 Å². The van der Waals surface area contributed by atoms with Crippen LogP contribution in [-0.2, 0) is 14.3 Å². The van der Waals surface area contributed by atoms with Crippen LogP contribution in [0.2, 0.25) is 0 Å². The largest absolute Gasteiger partial charge is 0.466 e. The average molecular weight is 367 g/mol. The maximum Gasteiger partial charge on any atom is 0.312 e. The minimum absolute atomic E-state index is 0.0656. The minimum atomic E-state index is -0.410. The predicted molar refractivity (Wildman–Crippen MR) is 103 cm³/mol. The Kier molecular flexibility index (Phi) is 6.60. The van der Waals surface area contributed by atoms with Gasteiger partial charge in [-0.25, -0.2) is 0 Å². The molecule has 1 unspecified atom stereocenters. The highest BCUT2D eigenvalue weighted by Crippen LogP contribution is 2.23. The Hall–Kier alpha value is -2.66. The van der Waals surface area contributed by atoms with Crippen LogP contribution in [-0.4, -0.2) is 44.2 Å². The summed E-state index contributed by atoms with van der Waals surface area (Å²) in [5, 5.41) is 2.89. The van der Waals surface area contributed by atoms with Gasteiger partial charge in [-0.1, -0.05) is 60.7 Å². The summed E-state index contributed by atoms with van der Waals surface area (Å²) < 4.78 is 5.08. The molecule has 1 saturated heterocycles. The van der Waals surface area contributed by atoms with Crippen molar-refractivity contribution in [2.45, 2.75) is 25.3 Å². The fourth-order valence-corrected chi connectivity index (χ4v) is 3.76. The number of benzene rings is 2. The molecule has 1 heterocycles. The summed E-state index contributed by atoms with van der Waals surface area (Å²) in [6.45, 7) is 4.30. The highest BCUT2D eigenvalue weighted by Gasteiger charge is 2.37. The summed E-state index contributed by atoms with van der Waals surface area (Å²) in [7, 11) is 0. The SMILES string of the molecule is CCOC(=O)C[C@@H]1C(=O)NCC[NH+]1CC(c1ccccc1)c1ccccc1. The minimum Gasteiger partial charge on any atom is -0.466 e. The Bertz CT molecular complexity index is 709. The molecule has 0 bridgehead atoms. The molecule has 27 heavy (non-hydrogen) atoms. The molecule has 5 nitrogen and oxygen atoms in total. The molecule has 1 fully saturated rings. The zero-order valence-corrected chi connectivity index (χ0v) is 15.7. The molecule has 5 heteroatoms. The number of hydrogen-bond acceptors (Lipinski definition) is 3. The summed E-state index contributed by atoms with van der Waals surface area (Å²) in [4.78, 5) is 25.6. The number of ether oxygens (including phenoxy) is 1. The summed E-state index contributed by atoms with van der Waals surface area (Å²) in [5.41, 5.74) is 2.44. The topological polar surface area (TPSA) is 59.8 Å². The zero-order valence-electron chi connectivity index (χ0n) is 15.7.